The van der Waals surface area contributed by atoms with Gasteiger partial charge in [-0.3, -0.25) is 0 Å². The van der Waals surface area contributed by atoms with Gasteiger partial charge < -0.3 is 10.1 Å². The zero-order valence-corrected chi connectivity index (χ0v) is 14.5. The van der Waals surface area contributed by atoms with Crippen molar-refractivity contribution in [3.63, 3.8) is 0 Å². The normalized spacial score (nSPS) is 17.1. The molecule has 1 saturated carbocycles. The number of hydrogen-bond acceptors (Lipinski definition) is 2. The highest BCUT2D eigenvalue weighted by Crippen LogP contribution is 2.36. The summed E-state index contributed by atoms with van der Waals surface area (Å²) in [4.78, 5) is 0. The van der Waals surface area contributed by atoms with Crippen LogP contribution >= 0.6 is 15.9 Å². The van der Waals surface area contributed by atoms with E-state index in [1.165, 1.54) is 38.2 Å². The van der Waals surface area contributed by atoms with Crippen molar-refractivity contribution in [3.8, 4) is 5.75 Å². The average Bonchev–Trinajstić information content (AvgIpc) is 2.99. The summed E-state index contributed by atoms with van der Waals surface area (Å²) in [7, 11) is 1.60. The topological polar surface area (TPSA) is 21.3 Å². The number of halogens is 2. The van der Waals surface area contributed by atoms with Crippen LogP contribution in [0.15, 0.2) is 16.6 Å². The van der Waals surface area contributed by atoms with E-state index in [1.807, 2.05) is 6.07 Å². The van der Waals surface area contributed by atoms with Gasteiger partial charge in [0.05, 0.1) is 11.6 Å². The van der Waals surface area contributed by atoms with E-state index in [4.69, 9.17) is 4.74 Å². The zero-order valence-electron chi connectivity index (χ0n) is 12.9. The minimum atomic E-state index is -0.276. The minimum absolute atomic E-state index is 0.224. The van der Waals surface area contributed by atoms with Crippen LogP contribution in [0.1, 0.15) is 57.1 Å². The Kier molecular flexibility index (Phi) is 6.49. The van der Waals surface area contributed by atoms with Crippen molar-refractivity contribution in [2.75, 3.05) is 13.7 Å². The quantitative estimate of drug-likeness (QED) is 0.722. The standard InChI is InChI=1S/C17H25BrFNO/c1-3-20-16(9-8-12-6-4-5-7-12)13-10-14(18)15(19)11-17(13)21-2/h10-12,16,20H,3-9H2,1-2H3. The van der Waals surface area contributed by atoms with Crippen LogP contribution in [0, 0.1) is 11.7 Å². The molecule has 1 aromatic rings. The molecule has 0 aromatic heterocycles. The Hall–Kier alpha value is -0.610. The van der Waals surface area contributed by atoms with Crippen molar-refractivity contribution in [2.45, 2.75) is 51.5 Å². The Bertz CT molecular complexity index is 460. The van der Waals surface area contributed by atoms with Crippen molar-refractivity contribution in [3.05, 3.63) is 28.0 Å². The first-order valence-corrected chi connectivity index (χ1v) is 8.71. The van der Waals surface area contributed by atoms with Crippen LogP contribution in [-0.2, 0) is 0 Å². The van der Waals surface area contributed by atoms with Gasteiger partial charge in [-0.2, -0.15) is 0 Å². The van der Waals surface area contributed by atoms with Gasteiger partial charge in [-0.15, -0.1) is 0 Å². The molecule has 0 radical (unpaired) electrons. The Balaban J connectivity index is 2.13. The molecule has 1 aliphatic carbocycles. The SMILES string of the molecule is CCNC(CCC1CCCC1)c1cc(Br)c(F)cc1OC. The predicted octanol–water partition coefficient (Wildman–Crippen LogP) is 5.22. The van der Waals surface area contributed by atoms with Crippen molar-refractivity contribution >= 4 is 15.9 Å². The first kappa shape index (κ1) is 16.8. The summed E-state index contributed by atoms with van der Waals surface area (Å²) in [6, 6.07) is 3.55. The molecule has 0 aliphatic heterocycles. The second kappa shape index (κ2) is 8.14. The molecule has 1 N–H and O–H groups in total. The molecule has 1 unspecified atom stereocenters. The first-order chi connectivity index (χ1) is 10.2. The second-order valence-electron chi connectivity index (χ2n) is 5.85. The summed E-state index contributed by atoms with van der Waals surface area (Å²) in [5.74, 6) is 1.22. The third kappa shape index (κ3) is 4.43. The molecular formula is C17H25BrFNO. The highest BCUT2D eigenvalue weighted by molar-refractivity contribution is 9.10. The van der Waals surface area contributed by atoms with E-state index in [0.717, 1.165) is 24.4 Å². The fraction of sp³-hybridized carbons (Fsp3) is 0.647. The van der Waals surface area contributed by atoms with Crippen molar-refractivity contribution in [2.24, 2.45) is 5.92 Å². The molecule has 118 valence electrons. The molecule has 0 heterocycles. The van der Waals surface area contributed by atoms with Gasteiger partial charge in [-0.05, 0) is 47.3 Å². The summed E-state index contributed by atoms with van der Waals surface area (Å²) < 4.78 is 19.6. The van der Waals surface area contributed by atoms with Crippen molar-refractivity contribution in [1.82, 2.24) is 5.32 Å². The lowest BCUT2D eigenvalue weighted by Gasteiger charge is -2.22. The molecule has 0 spiro atoms. The highest BCUT2D eigenvalue weighted by Gasteiger charge is 2.21. The lowest BCUT2D eigenvalue weighted by molar-refractivity contribution is 0.378. The first-order valence-electron chi connectivity index (χ1n) is 7.92. The van der Waals surface area contributed by atoms with Crippen molar-refractivity contribution in [1.29, 1.82) is 0 Å². The molecule has 0 amide bonds. The summed E-state index contributed by atoms with van der Waals surface area (Å²) in [6.45, 7) is 3.00. The van der Waals surface area contributed by atoms with Crippen molar-refractivity contribution < 1.29 is 9.13 Å². The van der Waals surface area contributed by atoms with E-state index in [1.54, 1.807) is 7.11 Å². The molecule has 2 nitrogen and oxygen atoms in total. The Morgan fingerprint density at radius 1 is 1.38 bits per heavy atom. The van der Waals surface area contributed by atoms with E-state index < -0.39 is 0 Å². The third-order valence-corrected chi connectivity index (χ3v) is 5.04. The zero-order chi connectivity index (χ0) is 15.2. The summed E-state index contributed by atoms with van der Waals surface area (Å²) >= 11 is 3.29. The average molecular weight is 358 g/mol. The van der Waals surface area contributed by atoms with Crippen LogP contribution < -0.4 is 10.1 Å². The van der Waals surface area contributed by atoms with Crippen LogP contribution in [0.4, 0.5) is 4.39 Å². The molecule has 0 bridgehead atoms. The molecule has 1 aromatic carbocycles. The summed E-state index contributed by atoms with van der Waals surface area (Å²) in [6.07, 6.45) is 7.79. The van der Waals surface area contributed by atoms with Crippen LogP contribution in [0.2, 0.25) is 0 Å². The number of methoxy groups -OCH3 is 1. The molecule has 1 fully saturated rings. The van der Waals surface area contributed by atoms with Gasteiger partial charge in [-0.1, -0.05) is 32.6 Å². The molecule has 1 aliphatic rings. The molecule has 4 heteroatoms. The number of ether oxygens (including phenoxy) is 1. The van der Waals surface area contributed by atoms with E-state index in [-0.39, 0.29) is 11.9 Å². The number of benzene rings is 1. The largest absolute Gasteiger partial charge is 0.496 e. The van der Waals surface area contributed by atoms with Crippen LogP contribution in [0.25, 0.3) is 0 Å². The van der Waals surface area contributed by atoms with Gasteiger partial charge in [0, 0.05) is 17.7 Å². The van der Waals surface area contributed by atoms with Crippen LogP contribution in [-0.4, -0.2) is 13.7 Å². The summed E-state index contributed by atoms with van der Waals surface area (Å²) in [5.41, 5.74) is 1.05. The Morgan fingerprint density at radius 3 is 2.71 bits per heavy atom. The second-order valence-corrected chi connectivity index (χ2v) is 6.70. The number of nitrogens with one attached hydrogen (secondary N) is 1. The highest BCUT2D eigenvalue weighted by atomic mass is 79.9. The molecular weight excluding hydrogens is 333 g/mol. The van der Waals surface area contributed by atoms with E-state index >= 15 is 0 Å². The Labute approximate surface area is 135 Å². The predicted molar refractivity (Wildman–Crippen MR) is 88.3 cm³/mol. The lowest BCUT2D eigenvalue weighted by Crippen LogP contribution is -2.22. The van der Waals surface area contributed by atoms with Crippen LogP contribution in [0.3, 0.4) is 0 Å². The maximum absolute atomic E-state index is 13.7. The van der Waals surface area contributed by atoms with Gasteiger partial charge in [0.15, 0.2) is 0 Å². The monoisotopic (exact) mass is 357 g/mol. The number of hydrogen-bond donors (Lipinski definition) is 1. The molecule has 1 atom stereocenters. The number of rotatable bonds is 7. The van der Waals surface area contributed by atoms with Gasteiger partial charge in [0.1, 0.15) is 11.6 Å². The Morgan fingerprint density at radius 2 is 2.10 bits per heavy atom. The minimum Gasteiger partial charge on any atom is -0.496 e. The van der Waals surface area contributed by atoms with Gasteiger partial charge in [0.2, 0.25) is 0 Å². The fourth-order valence-corrected chi connectivity index (χ4v) is 3.67. The molecule has 2 rings (SSSR count). The van der Waals surface area contributed by atoms with E-state index in [9.17, 15) is 4.39 Å². The smallest absolute Gasteiger partial charge is 0.141 e. The lowest BCUT2D eigenvalue weighted by atomic mass is 9.94. The molecule has 0 saturated heterocycles. The fourth-order valence-electron chi connectivity index (χ4n) is 3.31. The van der Waals surface area contributed by atoms with E-state index in [0.29, 0.717) is 10.2 Å². The third-order valence-electron chi connectivity index (χ3n) is 4.44. The van der Waals surface area contributed by atoms with E-state index in [2.05, 4.69) is 28.2 Å². The van der Waals surface area contributed by atoms with Crippen LogP contribution in [0.5, 0.6) is 5.75 Å². The van der Waals surface area contributed by atoms with Gasteiger partial charge >= 0.3 is 0 Å². The van der Waals surface area contributed by atoms with Gasteiger partial charge in [-0.25, -0.2) is 4.39 Å². The summed E-state index contributed by atoms with van der Waals surface area (Å²) in [5, 5.41) is 3.52. The molecule has 21 heavy (non-hydrogen) atoms. The van der Waals surface area contributed by atoms with Gasteiger partial charge in [0.25, 0.3) is 0 Å². The maximum Gasteiger partial charge on any atom is 0.141 e. The maximum atomic E-state index is 13.7.